The van der Waals surface area contributed by atoms with Gasteiger partial charge in [-0.25, -0.2) is 4.68 Å². The molecule has 0 bridgehead atoms. The second-order valence-electron chi connectivity index (χ2n) is 8.53. The molecule has 0 radical (unpaired) electrons. The van der Waals surface area contributed by atoms with Crippen LogP contribution in [0, 0.1) is 5.92 Å². The minimum Gasteiger partial charge on any atom is -0.367 e. The lowest BCUT2D eigenvalue weighted by atomic mass is 9.81. The average Bonchev–Trinajstić information content (AvgIpc) is 3.04. The fourth-order valence-electron chi connectivity index (χ4n) is 4.97. The number of amides is 1. The first-order chi connectivity index (χ1) is 13.6. The Morgan fingerprint density at radius 3 is 2.57 bits per heavy atom. The molecule has 4 rings (SSSR count). The minimum absolute atomic E-state index is 0.144. The number of fused-ring (bicyclic) bond motifs is 1. The van der Waals surface area contributed by atoms with E-state index in [1.54, 1.807) is 6.20 Å². The smallest absolute Gasteiger partial charge is 0.259 e. The topological polar surface area (TPSA) is 53.4 Å². The predicted molar refractivity (Wildman–Crippen MR) is 115 cm³/mol. The lowest BCUT2D eigenvalue weighted by Crippen LogP contribution is -2.39. The largest absolute Gasteiger partial charge is 0.367 e. The number of carbonyl (C=O) groups excluding carboxylic acids is 1. The number of likely N-dealkylation sites (N-methyl/N-ethyl adjacent to an activating group) is 1. The minimum atomic E-state index is 0.144. The number of rotatable bonds is 2. The van der Waals surface area contributed by atoms with Crippen LogP contribution in [0.1, 0.15) is 82.1 Å². The molecule has 1 aromatic rings. The van der Waals surface area contributed by atoms with Gasteiger partial charge in [-0.2, -0.15) is 5.10 Å². The van der Waals surface area contributed by atoms with Gasteiger partial charge in [0.05, 0.1) is 12.2 Å². The molecule has 2 aliphatic heterocycles. The molecule has 1 saturated carbocycles. The molecule has 2 unspecified atom stereocenters. The second kappa shape index (κ2) is 9.77. The number of hydrogen-bond acceptors (Lipinski definition) is 4. The quantitative estimate of drug-likeness (QED) is 0.830. The summed E-state index contributed by atoms with van der Waals surface area (Å²) in [6.45, 7) is 9.90. The van der Waals surface area contributed by atoms with Crippen molar-refractivity contribution in [3.8, 4) is 0 Å². The highest BCUT2D eigenvalue weighted by Gasteiger charge is 2.34. The molecule has 6 nitrogen and oxygen atoms in total. The van der Waals surface area contributed by atoms with Crippen molar-refractivity contribution in [2.24, 2.45) is 5.92 Å². The Labute approximate surface area is 170 Å². The van der Waals surface area contributed by atoms with Crippen molar-refractivity contribution >= 4 is 11.7 Å². The van der Waals surface area contributed by atoms with E-state index < -0.39 is 0 Å². The molecule has 3 heterocycles. The number of hydrogen-bond donors (Lipinski definition) is 1. The Hall–Kier alpha value is -1.56. The molecule has 3 aliphatic rings. The zero-order chi connectivity index (χ0) is 20.1. The van der Waals surface area contributed by atoms with E-state index in [0.717, 1.165) is 56.3 Å². The SMILES string of the molecule is CC.CC1CC(C2CCCCC2)Nc2c(C(=O)N3CCCN(C)CC3)cnn21. The summed E-state index contributed by atoms with van der Waals surface area (Å²) in [6.07, 6.45) is 10.7. The highest BCUT2D eigenvalue weighted by atomic mass is 16.2. The van der Waals surface area contributed by atoms with E-state index >= 15 is 0 Å². The first-order valence-corrected chi connectivity index (χ1v) is 11.5. The van der Waals surface area contributed by atoms with Crippen LogP contribution in [0.25, 0.3) is 0 Å². The van der Waals surface area contributed by atoms with Crippen LogP contribution in [0.2, 0.25) is 0 Å². The standard InChI is InChI=1S/C20H33N5O.C2H6/c1-15-13-18(16-7-4-3-5-8-16)22-19-17(14-21-25(15)19)20(26)24-10-6-9-23(2)11-12-24;1-2/h14-16,18,22H,3-13H2,1-2H3;1-2H3. The molecule has 0 spiro atoms. The summed E-state index contributed by atoms with van der Waals surface area (Å²) in [4.78, 5) is 17.5. The van der Waals surface area contributed by atoms with E-state index in [2.05, 4.69) is 29.3 Å². The van der Waals surface area contributed by atoms with E-state index in [1.807, 2.05) is 23.4 Å². The summed E-state index contributed by atoms with van der Waals surface area (Å²) in [7, 11) is 2.13. The molecule has 0 aromatic carbocycles. The number of carbonyl (C=O) groups is 1. The number of aromatic nitrogens is 2. The number of nitrogens with zero attached hydrogens (tertiary/aromatic N) is 4. The Bertz CT molecular complexity index is 637. The van der Waals surface area contributed by atoms with E-state index in [4.69, 9.17) is 0 Å². The van der Waals surface area contributed by atoms with Crippen LogP contribution >= 0.6 is 0 Å². The molecule has 28 heavy (non-hydrogen) atoms. The van der Waals surface area contributed by atoms with E-state index in [1.165, 1.54) is 32.1 Å². The molecule has 1 aromatic heterocycles. The maximum atomic E-state index is 13.2. The van der Waals surface area contributed by atoms with Gasteiger partial charge >= 0.3 is 0 Å². The first kappa shape index (κ1) is 21.2. The van der Waals surface area contributed by atoms with Crippen molar-refractivity contribution in [3.05, 3.63) is 11.8 Å². The van der Waals surface area contributed by atoms with Gasteiger partial charge in [0.2, 0.25) is 0 Å². The molecule has 2 fully saturated rings. The van der Waals surface area contributed by atoms with Gasteiger partial charge in [0.15, 0.2) is 0 Å². The second-order valence-corrected chi connectivity index (χ2v) is 8.53. The van der Waals surface area contributed by atoms with Crippen LogP contribution in [0.3, 0.4) is 0 Å². The summed E-state index contributed by atoms with van der Waals surface area (Å²) in [5.41, 5.74) is 0.766. The Kier molecular flexibility index (Phi) is 7.38. The van der Waals surface area contributed by atoms with E-state index in [9.17, 15) is 4.79 Å². The van der Waals surface area contributed by atoms with Crippen molar-refractivity contribution in [2.75, 3.05) is 38.5 Å². The van der Waals surface area contributed by atoms with Crippen LogP contribution in [0.5, 0.6) is 0 Å². The third kappa shape index (κ3) is 4.53. The first-order valence-electron chi connectivity index (χ1n) is 11.5. The van der Waals surface area contributed by atoms with Gasteiger partial charge in [-0.1, -0.05) is 33.1 Å². The molecule has 1 saturated heterocycles. The van der Waals surface area contributed by atoms with Gasteiger partial charge in [0.1, 0.15) is 11.4 Å². The van der Waals surface area contributed by atoms with Crippen LogP contribution < -0.4 is 5.32 Å². The molecule has 2 atom stereocenters. The Morgan fingerprint density at radius 2 is 1.82 bits per heavy atom. The van der Waals surface area contributed by atoms with E-state index in [0.29, 0.717) is 12.1 Å². The van der Waals surface area contributed by atoms with Crippen molar-refractivity contribution in [2.45, 2.75) is 77.8 Å². The van der Waals surface area contributed by atoms with Gasteiger partial charge in [0, 0.05) is 25.7 Å². The summed E-state index contributed by atoms with van der Waals surface area (Å²) >= 11 is 0. The predicted octanol–water partition coefficient (Wildman–Crippen LogP) is 4.01. The normalized spacial score (nSPS) is 26.5. The molecule has 1 N–H and O–H groups in total. The highest BCUT2D eigenvalue weighted by molar-refractivity contribution is 5.99. The molecule has 1 amide bonds. The van der Waals surface area contributed by atoms with Gasteiger partial charge < -0.3 is 15.1 Å². The maximum absolute atomic E-state index is 13.2. The summed E-state index contributed by atoms with van der Waals surface area (Å²) in [5.74, 6) is 1.84. The maximum Gasteiger partial charge on any atom is 0.259 e. The van der Waals surface area contributed by atoms with Gasteiger partial charge in [-0.3, -0.25) is 4.79 Å². The van der Waals surface area contributed by atoms with Gasteiger partial charge in [0.25, 0.3) is 5.91 Å². The van der Waals surface area contributed by atoms with Crippen molar-refractivity contribution in [1.29, 1.82) is 0 Å². The molecule has 6 heteroatoms. The third-order valence-electron chi connectivity index (χ3n) is 6.59. The van der Waals surface area contributed by atoms with E-state index in [-0.39, 0.29) is 5.91 Å². The molecular weight excluding hydrogens is 350 g/mol. The Morgan fingerprint density at radius 1 is 1.07 bits per heavy atom. The van der Waals surface area contributed by atoms with Crippen LogP contribution in [0.15, 0.2) is 6.20 Å². The van der Waals surface area contributed by atoms with Gasteiger partial charge in [-0.05, 0) is 52.1 Å². The lowest BCUT2D eigenvalue weighted by Gasteiger charge is -2.37. The monoisotopic (exact) mass is 389 g/mol. The fourth-order valence-corrected chi connectivity index (χ4v) is 4.97. The highest BCUT2D eigenvalue weighted by Crippen LogP contribution is 2.37. The Balaban J connectivity index is 0.00000109. The third-order valence-corrected chi connectivity index (χ3v) is 6.59. The molecule has 158 valence electrons. The van der Waals surface area contributed by atoms with Crippen LogP contribution in [0.4, 0.5) is 5.82 Å². The van der Waals surface area contributed by atoms with Crippen LogP contribution in [-0.2, 0) is 0 Å². The molecular formula is C22H39N5O. The zero-order valence-corrected chi connectivity index (χ0v) is 18.3. The van der Waals surface area contributed by atoms with Crippen molar-refractivity contribution in [1.82, 2.24) is 19.6 Å². The van der Waals surface area contributed by atoms with Gasteiger partial charge in [-0.15, -0.1) is 0 Å². The fraction of sp³-hybridized carbons (Fsp3) is 0.818. The summed E-state index contributed by atoms with van der Waals surface area (Å²) < 4.78 is 2.04. The summed E-state index contributed by atoms with van der Waals surface area (Å²) in [5, 5.41) is 8.30. The number of anilines is 1. The zero-order valence-electron chi connectivity index (χ0n) is 18.3. The van der Waals surface area contributed by atoms with Crippen molar-refractivity contribution < 1.29 is 4.79 Å². The number of nitrogens with one attached hydrogen (secondary N) is 1. The lowest BCUT2D eigenvalue weighted by molar-refractivity contribution is 0.0763. The molecule has 1 aliphatic carbocycles. The van der Waals surface area contributed by atoms with Crippen LogP contribution in [-0.4, -0.2) is 64.8 Å². The average molecular weight is 390 g/mol. The summed E-state index contributed by atoms with van der Waals surface area (Å²) in [6, 6.07) is 0.839. The van der Waals surface area contributed by atoms with Crippen molar-refractivity contribution in [3.63, 3.8) is 0 Å².